The lowest BCUT2D eigenvalue weighted by Gasteiger charge is -1.99. The molecule has 0 fully saturated rings. The second-order valence-electron chi connectivity index (χ2n) is 1.81. The molecule has 0 spiro atoms. The van der Waals surface area contributed by atoms with E-state index in [9.17, 15) is 9.59 Å². The Morgan fingerprint density at radius 2 is 2.11 bits per heavy atom. The Morgan fingerprint density at radius 3 is 2.22 bits per heavy atom. The van der Waals surface area contributed by atoms with E-state index in [1.54, 1.807) is 0 Å². The fourth-order valence-corrected chi connectivity index (χ4v) is 0.318. The minimum atomic E-state index is -1.41. The largest absolute Gasteiger partial charge is 0.475 e. The number of carbonyl (C=O) groups is 2. The molecule has 0 aliphatic heterocycles. The number of rotatable bonds is 3. The monoisotopic (exact) mass is 131 g/mol. The van der Waals surface area contributed by atoms with Crippen molar-refractivity contribution in [3.8, 4) is 0 Å². The second-order valence-corrected chi connectivity index (χ2v) is 1.81. The first-order chi connectivity index (χ1) is 4.09. The number of carbonyl (C=O) groups excluding carboxylic acids is 1. The number of ketones is 1. The van der Waals surface area contributed by atoms with Gasteiger partial charge in [0, 0.05) is 12.5 Å². The molecule has 4 nitrogen and oxygen atoms in total. The normalized spacial score (nSPS) is 12.7. The fraction of sp³-hybridized carbons (Fsp3) is 0.600. The molecule has 0 amide bonds. The van der Waals surface area contributed by atoms with Gasteiger partial charge in [-0.15, -0.1) is 0 Å². The van der Waals surface area contributed by atoms with Crippen molar-refractivity contribution in [3.63, 3.8) is 0 Å². The molecule has 0 saturated carbocycles. The van der Waals surface area contributed by atoms with Crippen LogP contribution in [-0.2, 0) is 9.59 Å². The summed E-state index contributed by atoms with van der Waals surface area (Å²) in [6.07, 6.45) is 0. The molecule has 0 saturated heterocycles. The van der Waals surface area contributed by atoms with Crippen LogP contribution in [0.5, 0.6) is 0 Å². The van der Waals surface area contributed by atoms with Gasteiger partial charge in [-0.3, -0.25) is 4.79 Å². The van der Waals surface area contributed by atoms with Gasteiger partial charge in [-0.25, -0.2) is 4.79 Å². The van der Waals surface area contributed by atoms with Gasteiger partial charge in [-0.2, -0.15) is 0 Å². The minimum Gasteiger partial charge on any atom is -0.475 e. The topological polar surface area (TPSA) is 80.4 Å². The van der Waals surface area contributed by atoms with Gasteiger partial charge in [0.05, 0.1) is 0 Å². The Bertz CT molecular complexity index is 132. The standard InChI is InChI=1S/C5H9NO3/c1-3(2-6)4(7)5(8)9/h3H,2,6H2,1H3,(H,8,9). The number of hydrogen-bond acceptors (Lipinski definition) is 3. The van der Waals surface area contributed by atoms with Crippen LogP contribution in [0.15, 0.2) is 0 Å². The Morgan fingerprint density at radius 1 is 1.67 bits per heavy atom. The van der Waals surface area contributed by atoms with Crippen LogP contribution in [0.4, 0.5) is 0 Å². The molecule has 0 aromatic heterocycles. The van der Waals surface area contributed by atoms with Crippen LogP contribution >= 0.6 is 0 Å². The summed E-state index contributed by atoms with van der Waals surface area (Å²) < 4.78 is 0. The molecule has 0 aliphatic carbocycles. The van der Waals surface area contributed by atoms with Crippen molar-refractivity contribution in [2.45, 2.75) is 6.92 Å². The van der Waals surface area contributed by atoms with Crippen LogP contribution in [-0.4, -0.2) is 23.4 Å². The predicted octanol–water partition coefficient (Wildman–Crippen LogP) is -0.765. The van der Waals surface area contributed by atoms with E-state index >= 15 is 0 Å². The molecule has 1 atom stereocenters. The summed E-state index contributed by atoms with van der Waals surface area (Å²) in [5, 5.41) is 8.08. The Hall–Kier alpha value is -0.900. The Kier molecular flexibility index (Phi) is 2.87. The molecule has 0 rings (SSSR count). The SMILES string of the molecule is CC(CN)C(=O)C(=O)O. The van der Waals surface area contributed by atoms with E-state index in [0.29, 0.717) is 0 Å². The van der Waals surface area contributed by atoms with Crippen LogP contribution in [0, 0.1) is 5.92 Å². The van der Waals surface area contributed by atoms with E-state index < -0.39 is 17.7 Å². The summed E-state index contributed by atoms with van der Waals surface area (Å²) in [6.45, 7) is 1.57. The molecule has 1 unspecified atom stereocenters. The third-order valence-electron chi connectivity index (χ3n) is 1.01. The van der Waals surface area contributed by atoms with E-state index in [0.717, 1.165) is 0 Å². The number of Topliss-reactive ketones (excluding diaryl/α,β-unsaturated/α-hetero) is 1. The van der Waals surface area contributed by atoms with Crippen LogP contribution in [0.3, 0.4) is 0 Å². The smallest absolute Gasteiger partial charge is 0.372 e. The van der Waals surface area contributed by atoms with E-state index in [2.05, 4.69) is 0 Å². The minimum absolute atomic E-state index is 0.0884. The number of aliphatic carboxylic acids is 1. The summed E-state index contributed by atoms with van der Waals surface area (Å²) in [5.41, 5.74) is 5.03. The molecule has 0 aromatic carbocycles. The first kappa shape index (κ1) is 8.10. The number of carboxylic acid groups (broad SMARTS) is 1. The third-order valence-corrected chi connectivity index (χ3v) is 1.01. The van der Waals surface area contributed by atoms with Crippen molar-refractivity contribution in [1.82, 2.24) is 0 Å². The van der Waals surface area contributed by atoms with Crippen molar-refractivity contribution in [2.24, 2.45) is 11.7 Å². The van der Waals surface area contributed by atoms with E-state index in [1.807, 2.05) is 0 Å². The summed E-state index contributed by atoms with van der Waals surface area (Å²) in [5.74, 6) is -2.80. The van der Waals surface area contributed by atoms with Crippen molar-refractivity contribution < 1.29 is 14.7 Å². The number of hydrogen-bond donors (Lipinski definition) is 2. The number of nitrogens with two attached hydrogens (primary N) is 1. The molecule has 52 valence electrons. The molecule has 0 radical (unpaired) electrons. The lowest BCUT2D eigenvalue weighted by Crippen LogP contribution is -2.26. The molecule has 0 bridgehead atoms. The fourth-order valence-electron chi connectivity index (χ4n) is 0.318. The summed E-state index contributed by atoms with van der Waals surface area (Å²) in [7, 11) is 0. The highest BCUT2D eigenvalue weighted by atomic mass is 16.4. The van der Waals surface area contributed by atoms with Crippen molar-refractivity contribution in [2.75, 3.05) is 6.54 Å². The highest BCUT2D eigenvalue weighted by Gasteiger charge is 2.17. The first-order valence-corrected chi connectivity index (χ1v) is 2.56. The Balaban J connectivity index is 3.88. The first-order valence-electron chi connectivity index (χ1n) is 2.56. The average molecular weight is 131 g/mol. The zero-order valence-corrected chi connectivity index (χ0v) is 5.13. The van der Waals surface area contributed by atoms with Gasteiger partial charge in [0.2, 0.25) is 5.78 Å². The predicted molar refractivity (Wildman–Crippen MR) is 30.9 cm³/mol. The summed E-state index contributed by atoms with van der Waals surface area (Å²) >= 11 is 0. The van der Waals surface area contributed by atoms with Crippen molar-refractivity contribution in [1.29, 1.82) is 0 Å². The summed E-state index contributed by atoms with van der Waals surface area (Å²) in [6, 6.07) is 0. The molecule has 0 aliphatic rings. The van der Waals surface area contributed by atoms with Crippen LogP contribution in [0.1, 0.15) is 6.92 Å². The maximum Gasteiger partial charge on any atom is 0.372 e. The molecular formula is C5H9NO3. The number of carboxylic acids is 1. The van der Waals surface area contributed by atoms with Gasteiger partial charge >= 0.3 is 5.97 Å². The zero-order valence-electron chi connectivity index (χ0n) is 5.13. The molecule has 0 aromatic rings. The van der Waals surface area contributed by atoms with Crippen LogP contribution in [0.2, 0.25) is 0 Å². The van der Waals surface area contributed by atoms with E-state index in [-0.39, 0.29) is 6.54 Å². The maximum atomic E-state index is 10.4. The van der Waals surface area contributed by atoms with Gasteiger partial charge < -0.3 is 10.8 Å². The zero-order chi connectivity index (χ0) is 7.44. The highest BCUT2D eigenvalue weighted by Crippen LogP contribution is 1.92. The van der Waals surface area contributed by atoms with Gasteiger partial charge in [-0.1, -0.05) is 6.92 Å². The van der Waals surface area contributed by atoms with E-state index in [1.165, 1.54) is 6.92 Å². The quantitative estimate of drug-likeness (QED) is 0.493. The van der Waals surface area contributed by atoms with Crippen molar-refractivity contribution in [3.05, 3.63) is 0 Å². The van der Waals surface area contributed by atoms with Gasteiger partial charge in [0.25, 0.3) is 0 Å². The Labute approximate surface area is 52.7 Å². The summed E-state index contributed by atoms with van der Waals surface area (Å²) in [4.78, 5) is 20.3. The lowest BCUT2D eigenvalue weighted by atomic mass is 10.1. The third kappa shape index (κ3) is 2.23. The van der Waals surface area contributed by atoms with Gasteiger partial charge in [-0.05, 0) is 0 Å². The van der Waals surface area contributed by atoms with Crippen molar-refractivity contribution >= 4 is 11.8 Å². The van der Waals surface area contributed by atoms with Gasteiger partial charge in [0.1, 0.15) is 0 Å². The molecular weight excluding hydrogens is 122 g/mol. The second kappa shape index (κ2) is 3.19. The molecule has 9 heavy (non-hydrogen) atoms. The average Bonchev–Trinajstić information content (AvgIpc) is 1.84. The van der Waals surface area contributed by atoms with Crippen LogP contribution in [0.25, 0.3) is 0 Å². The maximum absolute atomic E-state index is 10.4. The van der Waals surface area contributed by atoms with Crippen LogP contribution < -0.4 is 5.73 Å². The van der Waals surface area contributed by atoms with Gasteiger partial charge in [0.15, 0.2) is 0 Å². The molecule has 4 heteroatoms. The van der Waals surface area contributed by atoms with E-state index in [4.69, 9.17) is 10.8 Å². The highest BCUT2D eigenvalue weighted by molar-refractivity contribution is 6.33. The lowest BCUT2D eigenvalue weighted by molar-refractivity contribution is -0.150. The molecule has 3 N–H and O–H groups in total. The molecule has 0 heterocycles.